The second-order valence-corrected chi connectivity index (χ2v) is 3.12. The SMILES string of the molecule is N[C@H](C(=O)O)[C@H](O)c1ccc(OC(F)F)nc1. The van der Waals surface area contributed by atoms with Crippen molar-refractivity contribution >= 4 is 5.97 Å². The van der Waals surface area contributed by atoms with E-state index in [1.54, 1.807) is 0 Å². The lowest BCUT2D eigenvalue weighted by Crippen LogP contribution is -2.36. The average molecular weight is 248 g/mol. The van der Waals surface area contributed by atoms with Gasteiger partial charge >= 0.3 is 12.6 Å². The summed E-state index contributed by atoms with van der Waals surface area (Å²) < 4.78 is 27.6. The van der Waals surface area contributed by atoms with Gasteiger partial charge in [-0.15, -0.1) is 0 Å². The lowest BCUT2D eigenvalue weighted by Gasteiger charge is -2.14. The minimum absolute atomic E-state index is 0.0986. The lowest BCUT2D eigenvalue weighted by atomic mass is 10.1. The highest BCUT2D eigenvalue weighted by atomic mass is 19.3. The van der Waals surface area contributed by atoms with Gasteiger partial charge in [0, 0.05) is 17.8 Å². The van der Waals surface area contributed by atoms with E-state index in [1.807, 2.05) is 0 Å². The number of carboxylic acid groups (broad SMARTS) is 1. The molecule has 1 aromatic rings. The topological polar surface area (TPSA) is 106 Å². The number of nitrogens with zero attached hydrogens (tertiary/aromatic N) is 1. The molecule has 8 heteroatoms. The smallest absolute Gasteiger partial charge is 0.388 e. The Labute approximate surface area is 94.6 Å². The van der Waals surface area contributed by atoms with Crippen molar-refractivity contribution in [2.24, 2.45) is 5.73 Å². The van der Waals surface area contributed by atoms with Gasteiger partial charge in [0.1, 0.15) is 12.1 Å². The Morgan fingerprint density at radius 1 is 1.47 bits per heavy atom. The number of aliphatic hydroxyl groups excluding tert-OH is 1. The summed E-state index contributed by atoms with van der Waals surface area (Å²) in [6.07, 6.45) is -0.453. The van der Waals surface area contributed by atoms with Crippen LogP contribution in [0.25, 0.3) is 0 Å². The summed E-state index contributed by atoms with van der Waals surface area (Å²) in [4.78, 5) is 14.0. The van der Waals surface area contributed by atoms with Crippen LogP contribution in [-0.2, 0) is 4.79 Å². The molecule has 0 radical (unpaired) electrons. The molecule has 0 aromatic carbocycles. The zero-order chi connectivity index (χ0) is 13.0. The molecule has 0 spiro atoms. The molecule has 2 atom stereocenters. The second-order valence-electron chi connectivity index (χ2n) is 3.12. The first-order valence-electron chi connectivity index (χ1n) is 4.49. The molecule has 94 valence electrons. The van der Waals surface area contributed by atoms with Crippen LogP contribution in [0, 0.1) is 0 Å². The number of pyridine rings is 1. The minimum atomic E-state index is -3.00. The van der Waals surface area contributed by atoms with Crippen molar-refractivity contribution in [1.29, 1.82) is 0 Å². The Morgan fingerprint density at radius 2 is 2.12 bits per heavy atom. The first kappa shape index (κ1) is 13.3. The highest BCUT2D eigenvalue weighted by molar-refractivity contribution is 5.74. The van der Waals surface area contributed by atoms with E-state index >= 15 is 0 Å². The van der Waals surface area contributed by atoms with Gasteiger partial charge in [0.15, 0.2) is 0 Å². The van der Waals surface area contributed by atoms with Gasteiger partial charge in [-0.1, -0.05) is 0 Å². The number of carbonyl (C=O) groups is 1. The number of nitrogens with two attached hydrogens (primary N) is 1. The van der Waals surface area contributed by atoms with E-state index < -0.39 is 24.7 Å². The third-order valence-electron chi connectivity index (χ3n) is 1.94. The Balaban J connectivity index is 2.76. The molecule has 0 saturated heterocycles. The van der Waals surface area contributed by atoms with Crippen LogP contribution in [0.4, 0.5) is 8.78 Å². The van der Waals surface area contributed by atoms with Gasteiger partial charge in [-0.25, -0.2) is 4.98 Å². The largest absolute Gasteiger partial charge is 0.480 e. The fraction of sp³-hybridized carbons (Fsp3) is 0.333. The zero-order valence-electron chi connectivity index (χ0n) is 8.46. The van der Waals surface area contributed by atoms with Crippen molar-refractivity contribution in [2.75, 3.05) is 0 Å². The van der Waals surface area contributed by atoms with Crippen LogP contribution >= 0.6 is 0 Å². The van der Waals surface area contributed by atoms with Gasteiger partial charge in [-0.2, -0.15) is 8.78 Å². The summed E-state index contributed by atoms with van der Waals surface area (Å²) in [7, 11) is 0. The van der Waals surface area contributed by atoms with Gasteiger partial charge in [0.2, 0.25) is 5.88 Å². The third kappa shape index (κ3) is 3.61. The molecule has 0 unspecified atom stereocenters. The molecule has 1 heterocycles. The van der Waals surface area contributed by atoms with Crippen molar-refractivity contribution in [3.05, 3.63) is 23.9 Å². The van der Waals surface area contributed by atoms with E-state index in [0.717, 1.165) is 12.3 Å². The Bertz CT molecular complexity index is 385. The van der Waals surface area contributed by atoms with Crippen molar-refractivity contribution in [3.63, 3.8) is 0 Å². The standard InChI is InChI=1S/C9H10F2N2O4/c10-9(11)17-5-2-1-4(3-13-5)7(14)6(12)8(15)16/h1-3,6-7,9,14H,12H2,(H,15,16)/t6-,7+/m0/s1. The molecule has 4 N–H and O–H groups in total. The van der Waals surface area contributed by atoms with Gasteiger partial charge < -0.3 is 20.7 Å². The third-order valence-corrected chi connectivity index (χ3v) is 1.94. The Morgan fingerprint density at radius 3 is 2.53 bits per heavy atom. The van der Waals surface area contributed by atoms with Crippen molar-refractivity contribution in [1.82, 2.24) is 4.98 Å². The number of aromatic nitrogens is 1. The van der Waals surface area contributed by atoms with Crippen LogP contribution in [0.3, 0.4) is 0 Å². The Kier molecular flexibility index (Phi) is 4.30. The van der Waals surface area contributed by atoms with E-state index in [4.69, 9.17) is 10.8 Å². The molecule has 17 heavy (non-hydrogen) atoms. The molecule has 0 aliphatic carbocycles. The van der Waals surface area contributed by atoms with Crippen LogP contribution in [0.1, 0.15) is 11.7 Å². The first-order valence-corrected chi connectivity index (χ1v) is 4.49. The summed E-state index contributed by atoms with van der Waals surface area (Å²) in [6, 6.07) is 0.774. The quantitative estimate of drug-likeness (QED) is 0.683. The number of aliphatic carboxylic acids is 1. The summed E-state index contributed by atoms with van der Waals surface area (Å²) in [5, 5.41) is 18.1. The van der Waals surface area contributed by atoms with Crippen LogP contribution < -0.4 is 10.5 Å². The van der Waals surface area contributed by atoms with Crippen LogP contribution in [0.15, 0.2) is 18.3 Å². The molecule has 0 aliphatic rings. The van der Waals surface area contributed by atoms with E-state index in [1.165, 1.54) is 6.07 Å². The molecule has 1 rings (SSSR count). The maximum Gasteiger partial charge on any atom is 0.388 e. The first-order chi connectivity index (χ1) is 7.91. The van der Waals surface area contributed by atoms with Gasteiger partial charge in [0.05, 0.1) is 0 Å². The van der Waals surface area contributed by atoms with Crippen molar-refractivity contribution in [3.8, 4) is 5.88 Å². The minimum Gasteiger partial charge on any atom is -0.480 e. The fourth-order valence-corrected chi connectivity index (χ4v) is 1.07. The van der Waals surface area contributed by atoms with E-state index in [-0.39, 0.29) is 11.4 Å². The molecule has 6 nitrogen and oxygen atoms in total. The molecule has 0 bridgehead atoms. The average Bonchev–Trinajstić information content (AvgIpc) is 2.27. The highest BCUT2D eigenvalue weighted by Crippen LogP contribution is 2.18. The summed E-state index contributed by atoms with van der Waals surface area (Å²) in [5.41, 5.74) is 5.28. The molecule has 1 aromatic heterocycles. The zero-order valence-corrected chi connectivity index (χ0v) is 8.46. The number of alkyl halides is 2. The van der Waals surface area contributed by atoms with Gasteiger partial charge in [-0.05, 0) is 6.07 Å². The maximum absolute atomic E-state index is 11.8. The predicted octanol–water partition coefficient (Wildman–Crippen LogP) is 0.128. The fourth-order valence-electron chi connectivity index (χ4n) is 1.07. The molecule has 0 amide bonds. The monoisotopic (exact) mass is 248 g/mol. The molecular formula is C9H10F2N2O4. The Hall–Kier alpha value is -1.80. The van der Waals surface area contributed by atoms with Crippen LogP contribution in [0.5, 0.6) is 5.88 Å². The van der Waals surface area contributed by atoms with Gasteiger partial charge in [0.25, 0.3) is 0 Å². The molecule has 0 saturated carbocycles. The van der Waals surface area contributed by atoms with E-state index in [0.29, 0.717) is 0 Å². The van der Waals surface area contributed by atoms with Crippen molar-refractivity contribution < 1.29 is 28.5 Å². The number of hydrogen-bond acceptors (Lipinski definition) is 5. The van der Waals surface area contributed by atoms with Gasteiger partial charge in [-0.3, -0.25) is 4.79 Å². The second kappa shape index (κ2) is 5.51. The summed E-state index contributed by atoms with van der Waals surface area (Å²) >= 11 is 0. The molecule has 0 aliphatic heterocycles. The highest BCUT2D eigenvalue weighted by Gasteiger charge is 2.23. The number of hydrogen-bond donors (Lipinski definition) is 3. The predicted molar refractivity (Wildman–Crippen MR) is 51.4 cm³/mol. The van der Waals surface area contributed by atoms with Crippen molar-refractivity contribution in [2.45, 2.75) is 18.8 Å². The van der Waals surface area contributed by atoms with E-state index in [9.17, 15) is 18.7 Å². The van der Waals surface area contributed by atoms with Crippen LogP contribution in [0.2, 0.25) is 0 Å². The molecular weight excluding hydrogens is 238 g/mol. The number of rotatable bonds is 5. The lowest BCUT2D eigenvalue weighted by molar-refractivity contribution is -0.141. The maximum atomic E-state index is 11.8. The number of ether oxygens (including phenoxy) is 1. The van der Waals surface area contributed by atoms with Crippen LogP contribution in [-0.4, -0.2) is 33.8 Å². The number of aliphatic hydroxyl groups is 1. The number of carboxylic acids is 1. The summed E-state index contributed by atoms with van der Waals surface area (Å²) in [5.74, 6) is -1.72. The normalized spacial score (nSPS) is 14.4. The van der Waals surface area contributed by atoms with E-state index in [2.05, 4.69) is 9.72 Å². The molecule has 0 fully saturated rings. The number of halogens is 2. The summed E-state index contributed by atoms with van der Waals surface area (Å²) in [6.45, 7) is -3.00.